The Morgan fingerprint density at radius 1 is 0.786 bits per heavy atom. The number of ether oxygens (including phenoxy) is 1. The van der Waals surface area contributed by atoms with E-state index in [1.54, 1.807) is 0 Å². The number of morpholine rings is 1. The van der Waals surface area contributed by atoms with Crippen molar-refractivity contribution in [2.24, 2.45) is 0 Å². The monoisotopic (exact) mass is 367 g/mol. The Hall–Kier alpha value is -2.84. The highest BCUT2D eigenvalue weighted by atomic mass is 16.5. The van der Waals surface area contributed by atoms with E-state index in [0.717, 1.165) is 26.3 Å². The van der Waals surface area contributed by atoms with Crippen LogP contribution in [0.15, 0.2) is 78.9 Å². The lowest BCUT2D eigenvalue weighted by atomic mass is 9.85. The molecule has 2 heteroatoms. The zero-order chi connectivity index (χ0) is 18.9. The summed E-state index contributed by atoms with van der Waals surface area (Å²) in [6.45, 7) is 5.63. The summed E-state index contributed by atoms with van der Waals surface area (Å²) >= 11 is 0. The van der Waals surface area contributed by atoms with Crippen LogP contribution in [0.4, 0.5) is 0 Å². The highest BCUT2D eigenvalue weighted by Crippen LogP contribution is 2.51. The molecular formula is C26H25NO. The quantitative estimate of drug-likeness (QED) is 0.619. The number of hydrogen-bond acceptors (Lipinski definition) is 2. The normalized spacial score (nSPS) is 19.0. The molecule has 1 unspecified atom stereocenters. The number of rotatable bonds is 3. The summed E-state index contributed by atoms with van der Waals surface area (Å²) in [4.78, 5) is 2.53. The molecule has 2 nitrogen and oxygen atoms in total. The molecule has 28 heavy (non-hydrogen) atoms. The number of fused-ring (bicyclic) bond motifs is 1. The first-order valence-corrected chi connectivity index (χ1v) is 10.1. The largest absolute Gasteiger partial charge is 0.378 e. The second-order valence-corrected chi connectivity index (χ2v) is 7.66. The van der Waals surface area contributed by atoms with Crippen LogP contribution in [0.5, 0.6) is 0 Å². The van der Waals surface area contributed by atoms with Gasteiger partial charge >= 0.3 is 0 Å². The van der Waals surface area contributed by atoms with Gasteiger partial charge in [0.05, 0.1) is 13.2 Å². The fourth-order valence-corrected chi connectivity index (χ4v) is 4.56. The Bertz CT molecular complexity index is 998. The van der Waals surface area contributed by atoms with Crippen LogP contribution >= 0.6 is 0 Å². The second kappa shape index (κ2) is 7.29. The van der Waals surface area contributed by atoms with E-state index in [-0.39, 0.29) is 5.92 Å². The molecule has 3 aromatic carbocycles. The summed E-state index contributed by atoms with van der Waals surface area (Å²) < 4.78 is 5.65. The molecule has 0 N–H and O–H groups in total. The van der Waals surface area contributed by atoms with Gasteiger partial charge < -0.3 is 9.64 Å². The van der Waals surface area contributed by atoms with Crippen molar-refractivity contribution in [3.63, 3.8) is 0 Å². The Balaban J connectivity index is 1.76. The molecule has 2 aliphatic rings. The fourth-order valence-electron chi connectivity index (χ4n) is 4.56. The summed E-state index contributed by atoms with van der Waals surface area (Å²) in [6, 6.07) is 28.9. The summed E-state index contributed by atoms with van der Waals surface area (Å²) in [5.41, 5.74) is 9.56. The van der Waals surface area contributed by atoms with Crippen LogP contribution in [0.1, 0.15) is 33.7 Å². The minimum atomic E-state index is 0.261. The highest BCUT2D eigenvalue weighted by molar-refractivity contribution is 6.00. The van der Waals surface area contributed by atoms with Gasteiger partial charge in [-0.2, -0.15) is 0 Å². The van der Waals surface area contributed by atoms with Crippen molar-refractivity contribution >= 4 is 11.3 Å². The standard InChI is InChI=1S/C26H25NO/c1-19-11-13-21(14-12-19)24-22-9-5-6-10-23(22)26(27-15-17-28-18-16-27)25(24)20-7-3-2-4-8-20/h2-14,24H,15-18H2,1H3. The number of allylic oxidation sites excluding steroid dienone is 1. The van der Waals surface area contributed by atoms with Crippen LogP contribution in [0.2, 0.25) is 0 Å². The summed E-state index contributed by atoms with van der Waals surface area (Å²) in [5.74, 6) is 0.261. The van der Waals surface area contributed by atoms with Crippen LogP contribution < -0.4 is 0 Å². The van der Waals surface area contributed by atoms with Crippen LogP contribution in [0.25, 0.3) is 11.3 Å². The molecule has 5 rings (SSSR count). The molecular weight excluding hydrogens is 342 g/mol. The van der Waals surface area contributed by atoms with Crippen molar-refractivity contribution in [1.29, 1.82) is 0 Å². The number of benzene rings is 3. The van der Waals surface area contributed by atoms with E-state index in [1.165, 1.54) is 39.1 Å². The number of nitrogens with zero attached hydrogens (tertiary/aromatic N) is 1. The Kier molecular flexibility index (Phi) is 4.50. The SMILES string of the molecule is Cc1ccc(C2C(c3ccccc3)=C(N3CCOCC3)c3ccccc32)cc1. The topological polar surface area (TPSA) is 12.5 Å². The Morgan fingerprint density at radius 3 is 2.21 bits per heavy atom. The molecule has 0 amide bonds. The molecule has 3 aromatic rings. The third-order valence-electron chi connectivity index (χ3n) is 5.89. The third-order valence-corrected chi connectivity index (χ3v) is 5.89. The predicted octanol–water partition coefficient (Wildman–Crippen LogP) is 5.34. The van der Waals surface area contributed by atoms with Gasteiger partial charge in [0.2, 0.25) is 0 Å². The molecule has 0 bridgehead atoms. The lowest BCUT2D eigenvalue weighted by Crippen LogP contribution is -2.35. The van der Waals surface area contributed by atoms with E-state index in [9.17, 15) is 0 Å². The summed E-state index contributed by atoms with van der Waals surface area (Å²) in [6.07, 6.45) is 0. The van der Waals surface area contributed by atoms with Gasteiger partial charge in [0, 0.05) is 30.3 Å². The lowest BCUT2D eigenvalue weighted by molar-refractivity contribution is 0.0642. The highest BCUT2D eigenvalue weighted by Gasteiger charge is 2.35. The van der Waals surface area contributed by atoms with Gasteiger partial charge in [-0.3, -0.25) is 0 Å². The minimum absolute atomic E-state index is 0.261. The molecule has 1 aliphatic carbocycles. The Morgan fingerprint density at radius 2 is 1.46 bits per heavy atom. The first kappa shape index (κ1) is 17.3. The van der Waals surface area contributed by atoms with Crippen molar-refractivity contribution < 1.29 is 4.74 Å². The van der Waals surface area contributed by atoms with Gasteiger partial charge in [-0.15, -0.1) is 0 Å². The van der Waals surface area contributed by atoms with Gasteiger partial charge in [-0.05, 0) is 29.2 Å². The summed E-state index contributed by atoms with van der Waals surface area (Å²) in [7, 11) is 0. The third kappa shape index (κ3) is 2.94. The average Bonchev–Trinajstić information content (AvgIpc) is 3.11. The molecule has 140 valence electrons. The number of hydrogen-bond donors (Lipinski definition) is 0. The van der Waals surface area contributed by atoms with Crippen LogP contribution in [-0.4, -0.2) is 31.2 Å². The first-order valence-electron chi connectivity index (χ1n) is 10.1. The molecule has 0 saturated carbocycles. The lowest BCUT2D eigenvalue weighted by Gasteiger charge is -2.32. The van der Waals surface area contributed by atoms with Gasteiger partial charge in [-0.25, -0.2) is 0 Å². The van der Waals surface area contributed by atoms with E-state index in [2.05, 4.69) is 90.7 Å². The smallest absolute Gasteiger partial charge is 0.0642 e. The molecule has 1 atom stereocenters. The Labute approximate surface area is 167 Å². The average molecular weight is 367 g/mol. The van der Waals surface area contributed by atoms with Crippen molar-refractivity contribution in [2.45, 2.75) is 12.8 Å². The maximum atomic E-state index is 5.65. The maximum absolute atomic E-state index is 5.65. The van der Waals surface area contributed by atoms with E-state index in [4.69, 9.17) is 4.74 Å². The first-order chi connectivity index (χ1) is 13.8. The summed E-state index contributed by atoms with van der Waals surface area (Å²) in [5, 5.41) is 0. The molecule has 1 saturated heterocycles. The van der Waals surface area contributed by atoms with Crippen LogP contribution in [-0.2, 0) is 4.74 Å². The van der Waals surface area contributed by atoms with Crippen LogP contribution in [0, 0.1) is 6.92 Å². The van der Waals surface area contributed by atoms with Gasteiger partial charge in [-0.1, -0.05) is 84.4 Å². The van der Waals surface area contributed by atoms with Crippen molar-refractivity contribution in [3.05, 3.63) is 107 Å². The van der Waals surface area contributed by atoms with Gasteiger partial charge in [0.1, 0.15) is 0 Å². The van der Waals surface area contributed by atoms with Crippen molar-refractivity contribution in [3.8, 4) is 0 Å². The van der Waals surface area contributed by atoms with E-state index in [0.29, 0.717) is 0 Å². The van der Waals surface area contributed by atoms with E-state index >= 15 is 0 Å². The van der Waals surface area contributed by atoms with E-state index < -0.39 is 0 Å². The maximum Gasteiger partial charge on any atom is 0.0642 e. The van der Waals surface area contributed by atoms with Gasteiger partial charge in [0.25, 0.3) is 0 Å². The molecule has 1 fully saturated rings. The fraction of sp³-hybridized carbons (Fsp3) is 0.231. The van der Waals surface area contributed by atoms with Crippen molar-refractivity contribution in [2.75, 3.05) is 26.3 Å². The van der Waals surface area contributed by atoms with Crippen molar-refractivity contribution in [1.82, 2.24) is 4.90 Å². The molecule has 0 aromatic heterocycles. The predicted molar refractivity (Wildman–Crippen MR) is 115 cm³/mol. The minimum Gasteiger partial charge on any atom is -0.378 e. The zero-order valence-electron chi connectivity index (χ0n) is 16.3. The van der Waals surface area contributed by atoms with Crippen LogP contribution in [0.3, 0.4) is 0 Å². The molecule has 0 spiro atoms. The molecule has 1 aliphatic heterocycles. The second-order valence-electron chi connectivity index (χ2n) is 7.66. The zero-order valence-corrected chi connectivity index (χ0v) is 16.3. The number of aryl methyl sites for hydroxylation is 1. The van der Waals surface area contributed by atoms with Gasteiger partial charge in [0.15, 0.2) is 0 Å². The molecule has 1 heterocycles. The van der Waals surface area contributed by atoms with E-state index in [1.807, 2.05) is 0 Å². The molecule has 0 radical (unpaired) electrons.